The summed E-state index contributed by atoms with van der Waals surface area (Å²) < 4.78 is 0.849. The van der Waals surface area contributed by atoms with Gasteiger partial charge in [0.05, 0.1) is 16.3 Å². The van der Waals surface area contributed by atoms with Crippen LogP contribution in [0.2, 0.25) is 0 Å². The van der Waals surface area contributed by atoms with E-state index in [1.807, 2.05) is 6.07 Å². The number of rotatable bonds is 1. The van der Waals surface area contributed by atoms with Gasteiger partial charge >= 0.3 is 0 Å². The lowest BCUT2D eigenvalue weighted by Crippen LogP contribution is -2.36. The van der Waals surface area contributed by atoms with E-state index in [-0.39, 0.29) is 6.10 Å². The number of nitrogens with zero attached hydrogens (tertiary/aromatic N) is 2. The van der Waals surface area contributed by atoms with Crippen LogP contribution in [0.15, 0.2) is 16.7 Å². The van der Waals surface area contributed by atoms with Gasteiger partial charge in [-0.15, -0.1) is 0 Å². The lowest BCUT2D eigenvalue weighted by Gasteiger charge is -2.32. The minimum atomic E-state index is -0.154. The SMILES string of the molecule is Nc1nccc(N2CCC(O)CC2)c1Br. The standard InChI is InChI=1S/C10H14BrN3O/c11-9-8(1-4-13-10(9)12)14-5-2-7(15)3-6-14/h1,4,7,15H,2-3,5-6H2,(H2,12,13). The van der Waals surface area contributed by atoms with E-state index in [0.717, 1.165) is 36.1 Å². The van der Waals surface area contributed by atoms with Crippen LogP contribution in [0, 0.1) is 0 Å². The average molecular weight is 272 g/mol. The van der Waals surface area contributed by atoms with E-state index in [1.54, 1.807) is 6.20 Å². The molecule has 0 saturated carbocycles. The highest BCUT2D eigenvalue weighted by Gasteiger charge is 2.19. The van der Waals surface area contributed by atoms with E-state index in [9.17, 15) is 5.11 Å². The molecular weight excluding hydrogens is 258 g/mol. The van der Waals surface area contributed by atoms with Gasteiger partial charge in [-0.05, 0) is 34.8 Å². The number of piperidine rings is 1. The van der Waals surface area contributed by atoms with Crippen molar-refractivity contribution in [1.82, 2.24) is 4.98 Å². The van der Waals surface area contributed by atoms with Crippen LogP contribution in [0.4, 0.5) is 11.5 Å². The predicted octanol–water partition coefficient (Wildman–Crippen LogP) is 1.39. The zero-order chi connectivity index (χ0) is 10.8. The minimum Gasteiger partial charge on any atom is -0.393 e. The largest absolute Gasteiger partial charge is 0.393 e. The molecule has 2 rings (SSSR count). The van der Waals surface area contributed by atoms with Gasteiger partial charge in [0.2, 0.25) is 0 Å². The Bertz CT molecular complexity index is 351. The summed E-state index contributed by atoms with van der Waals surface area (Å²) in [6.07, 6.45) is 3.18. The van der Waals surface area contributed by atoms with Gasteiger partial charge in [-0.2, -0.15) is 0 Å². The molecule has 0 bridgehead atoms. The molecule has 82 valence electrons. The van der Waals surface area contributed by atoms with E-state index < -0.39 is 0 Å². The van der Waals surface area contributed by atoms with Crippen molar-refractivity contribution in [2.24, 2.45) is 0 Å². The Kier molecular flexibility index (Phi) is 3.11. The molecule has 0 aromatic carbocycles. The number of nitrogen functional groups attached to an aromatic ring is 1. The second kappa shape index (κ2) is 4.37. The zero-order valence-electron chi connectivity index (χ0n) is 8.36. The lowest BCUT2D eigenvalue weighted by atomic mass is 10.1. The monoisotopic (exact) mass is 271 g/mol. The summed E-state index contributed by atoms with van der Waals surface area (Å²) in [4.78, 5) is 6.22. The maximum absolute atomic E-state index is 9.42. The molecule has 1 saturated heterocycles. The second-order valence-corrected chi connectivity index (χ2v) is 4.54. The van der Waals surface area contributed by atoms with Crippen molar-refractivity contribution in [3.63, 3.8) is 0 Å². The molecule has 3 N–H and O–H groups in total. The summed E-state index contributed by atoms with van der Waals surface area (Å²) in [7, 11) is 0. The number of anilines is 2. The van der Waals surface area contributed by atoms with Crippen molar-refractivity contribution in [1.29, 1.82) is 0 Å². The third kappa shape index (κ3) is 2.23. The Morgan fingerprint density at radius 3 is 2.80 bits per heavy atom. The van der Waals surface area contributed by atoms with Crippen LogP contribution in [0.1, 0.15) is 12.8 Å². The predicted molar refractivity (Wildman–Crippen MR) is 63.8 cm³/mol. The summed E-state index contributed by atoms with van der Waals surface area (Å²) in [5, 5.41) is 9.42. The Morgan fingerprint density at radius 1 is 1.47 bits per heavy atom. The van der Waals surface area contributed by atoms with Crippen LogP contribution in [-0.2, 0) is 0 Å². The first-order valence-electron chi connectivity index (χ1n) is 5.01. The molecule has 4 nitrogen and oxygen atoms in total. The lowest BCUT2D eigenvalue weighted by molar-refractivity contribution is 0.145. The van der Waals surface area contributed by atoms with Crippen molar-refractivity contribution in [3.8, 4) is 0 Å². The molecule has 0 spiro atoms. The second-order valence-electron chi connectivity index (χ2n) is 3.75. The first-order valence-corrected chi connectivity index (χ1v) is 5.81. The average Bonchev–Trinajstić information content (AvgIpc) is 2.24. The highest BCUT2D eigenvalue weighted by Crippen LogP contribution is 2.31. The number of hydrogen-bond acceptors (Lipinski definition) is 4. The summed E-state index contributed by atoms with van der Waals surface area (Å²) in [6.45, 7) is 1.73. The third-order valence-electron chi connectivity index (χ3n) is 2.70. The number of nitrogens with two attached hydrogens (primary N) is 1. The van der Waals surface area contributed by atoms with Gasteiger partial charge in [0.1, 0.15) is 5.82 Å². The van der Waals surface area contributed by atoms with Crippen molar-refractivity contribution < 1.29 is 5.11 Å². The van der Waals surface area contributed by atoms with E-state index in [4.69, 9.17) is 5.73 Å². The van der Waals surface area contributed by atoms with Crippen LogP contribution in [-0.4, -0.2) is 29.3 Å². The van der Waals surface area contributed by atoms with Crippen molar-refractivity contribution in [3.05, 3.63) is 16.7 Å². The fourth-order valence-corrected chi connectivity index (χ4v) is 2.29. The molecule has 1 aromatic rings. The van der Waals surface area contributed by atoms with Crippen molar-refractivity contribution in [2.75, 3.05) is 23.7 Å². The Labute approximate surface area is 97.2 Å². The molecule has 0 radical (unpaired) electrons. The van der Waals surface area contributed by atoms with Crippen LogP contribution in [0.5, 0.6) is 0 Å². The maximum atomic E-state index is 9.42. The fourth-order valence-electron chi connectivity index (χ4n) is 1.80. The maximum Gasteiger partial charge on any atom is 0.139 e. The zero-order valence-corrected chi connectivity index (χ0v) is 9.94. The first kappa shape index (κ1) is 10.7. The highest BCUT2D eigenvalue weighted by atomic mass is 79.9. The van der Waals surface area contributed by atoms with E-state index in [1.165, 1.54) is 0 Å². The number of aliphatic hydroxyl groups excluding tert-OH is 1. The summed E-state index contributed by atoms with van der Waals surface area (Å²) in [5.74, 6) is 0.513. The van der Waals surface area contributed by atoms with Gasteiger partial charge in [-0.25, -0.2) is 4.98 Å². The molecule has 1 aromatic heterocycles. The smallest absolute Gasteiger partial charge is 0.139 e. The number of halogens is 1. The Morgan fingerprint density at radius 2 is 2.13 bits per heavy atom. The normalized spacial score (nSPS) is 18.1. The molecule has 15 heavy (non-hydrogen) atoms. The third-order valence-corrected chi connectivity index (χ3v) is 3.51. The summed E-state index contributed by atoms with van der Waals surface area (Å²) in [5.41, 5.74) is 6.78. The van der Waals surface area contributed by atoms with E-state index in [0.29, 0.717) is 5.82 Å². The van der Waals surface area contributed by atoms with E-state index in [2.05, 4.69) is 25.8 Å². The topological polar surface area (TPSA) is 62.4 Å². The first-order chi connectivity index (χ1) is 7.18. The van der Waals surface area contributed by atoms with E-state index >= 15 is 0 Å². The van der Waals surface area contributed by atoms with Crippen molar-refractivity contribution >= 4 is 27.4 Å². The highest BCUT2D eigenvalue weighted by molar-refractivity contribution is 9.10. The van der Waals surface area contributed by atoms with Gasteiger partial charge in [0, 0.05) is 19.3 Å². The van der Waals surface area contributed by atoms with Crippen LogP contribution < -0.4 is 10.6 Å². The molecular formula is C10H14BrN3O. The van der Waals surface area contributed by atoms with Gasteiger partial charge in [-0.3, -0.25) is 0 Å². The van der Waals surface area contributed by atoms with Gasteiger partial charge in [-0.1, -0.05) is 0 Å². The molecule has 5 heteroatoms. The molecule has 1 fully saturated rings. The number of aromatic nitrogens is 1. The molecule has 0 aliphatic carbocycles. The van der Waals surface area contributed by atoms with Gasteiger partial charge in [0.15, 0.2) is 0 Å². The minimum absolute atomic E-state index is 0.154. The summed E-state index contributed by atoms with van der Waals surface area (Å²) >= 11 is 3.44. The van der Waals surface area contributed by atoms with Crippen LogP contribution in [0.25, 0.3) is 0 Å². The van der Waals surface area contributed by atoms with Gasteiger partial charge < -0.3 is 15.7 Å². The quantitative estimate of drug-likeness (QED) is 0.811. The number of hydrogen-bond donors (Lipinski definition) is 2. The molecule has 1 aliphatic heterocycles. The van der Waals surface area contributed by atoms with Crippen LogP contribution >= 0.6 is 15.9 Å². The van der Waals surface area contributed by atoms with Gasteiger partial charge in [0.25, 0.3) is 0 Å². The number of aliphatic hydroxyl groups is 1. The molecule has 1 aliphatic rings. The van der Waals surface area contributed by atoms with Crippen LogP contribution in [0.3, 0.4) is 0 Å². The fraction of sp³-hybridized carbons (Fsp3) is 0.500. The number of pyridine rings is 1. The molecule has 2 heterocycles. The molecule has 0 unspecified atom stereocenters. The Balaban J connectivity index is 2.19. The Hall–Kier alpha value is -0.810. The molecule has 0 amide bonds. The molecule has 0 atom stereocenters. The summed E-state index contributed by atoms with van der Waals surface area (Å²) in [6, 6.07) is 1.94. The van der Waals surface area contributed by atoms with Crippen molar-refractivity contribution in [2.45, 2.75) is 18.9 Å².